The summed E-state index contributed by atoms with van der Waals surface area (Å²) in [7, 11) is 0. The number of carbonyl (C=O) groups is 1. The number of β-amino-alcohol motifs (C(OH)–C–C–N with tert-alkyl or cyclic N) is 1. The van der Waals surface area contributed by atoms with E-state index in [0.29, 0.717) is 13.0 Å². The number of likely N-dealkylation sites (tertiary alicyclic amines) is 2. The van der Waals surface area contributed by atoms with Crippen LogP contribution in [0.25, 0.3) is 0 Å². The van der Waals surface area contributed by atoms with Gasteiger partial charge in [0.1, 0.15) is 5.76 Å². The van der Waals surface area contributed by atoms with E-state index < -0.39 is 0 Å². The van der Waals surface area contributed by atoms with Gasteiger partial charge in [0.2, 0.25) is 5.91 Å². The van der Waals surface area contributed by atoms with Crippen LogP contribution >= 0.6 is 0 Å². The minimum absolute atomic E-state index is 0.187. The SMILES string of the molecule is Cc1cc(C[C@@H]2CN(CCN3CCCC3=O)C[C@H]2O)on1. The maximum atomic E-state index is 11.6. The molecular formula is C15H23N3O3. The first-order valence-electron chi connectivity index (χ1n) is 7.72. The topological polar surface area (TPSA) is 69.8 Å². The van der Waals surface area contributed by atoms with Crippen LogP contribution in [-0.2, 0) is 11.2 Å². The molecule has 0 unspecified atom stereocenters. The molecule has 2 saturated heterocycles. The second-order valence-electron chi connectivity index (χ2n) is 6.21. The molecule has 0 saturated carbocycles. The van der Waals surface area contributed by atoms with Gasteiger partial charge in [-0.15, -0.1) is 0 Å². The van der Waals surface area contributed by atoms with E-state index >= 15 is 0 Å². The zero-order chi connectivity index (χ0) is 14.8. The van der Waals surface area contributed by atoms with Crippen molar-refractivity contribution in [2.24, 2.45) is 5.92 Å². The monoisotopic (exact) mass is 293 g/mol. The predicted octanol–water partition coefficient (Wildman–Crippen LogP) is 0.441. The maximum Gasteiger partial charge on any atom is 0.222 e. The van der Waals surface area contributed by atoms with Crippen molar-refractivity contribution in [1.29, 1.82) is 0 Å². The van der Waals surface area contributed by atoms with Gasteiger partial charge in [0.25, 0.3) is 0 Å². The molecule has 0 spiro atoms. The quantitative estimate of drug-likeness (QED) is 0.853. The van der Waals surface area contributed by atoms with Gasteiger partial charge in [-0.2, -0.15) is 0 Å². The number of aliphatic hydroxyl groups excluding tert-OH is 1. The summed E-state index contributed by atoms with van der Waals surface area (Å²) in [4.78, 5) is 15.8. The van der Waals surface area contributed by atoms with E-state index in [-0.39, 0.29) is 17.9 Å². The standard InChI is InChI=1S/C15H23N3O3/c1-11-7-13(21-16-11)8-12-9-17(10-14(12)19)5-6-18-4-2-3-15(18)20/h7,12,14,19H,2-6,8-10H2,1H3/t12-,14-/m1/s1. The molecule has 2 atom stereocenters. The van der Waals surface area contributed by atoms with Crippen molar-refractivity contribution in [3.63, 3.8) is 0 Å². The second kappa shape index (κ2) is 6.15. The Labute approximate surface area is 124 Å². The van der Waals surface area contributed by atoms with Gasteiger partial charge in [0.05, 0.1) is 11.8 Å². The lowest BCUT2D eigenvalue weighted by atomic mass is 10.0. The fraction of sp³-hybridized carbons (Fsp3) is 0.733. The normalized spacial score (nSPS) is 27.0. The molecule has 1 N–H and O–H groups in total. The first kappa shape index (κ1) is 14.5. The first-order valence-corrected chi connectivity index (χ1v) is 7.72. The van der Waals surface area contributed by atoms with E-state index in [0.717, 1.165) is 50.5 Å². The number of aliphatic hydroxyl groups is 1. The zero-order valence-electron chi connectivity index (χ0n) is 12.5. The van der Waals surface area contributed by atoms with E-state index in [4.69, 9.17) is 4.52 Å². The summed E-state index contributed by atoms with van der Waals surface area (Å²) in [6, 6.07) is 1.93. The van der Waals surface area contributed by atoms with Crippen LogP contribution in [0.5, 0.6) is 0 Å². The lowest BCUT2D eigenvalue weighted by Gasteiger charge is -2.21. The van der Waals surface area contributed by atoms with Gasteiger partial charge in [-0.05, 0) is 13.3 Å². The molecule has 21 heavy (non-hydrogen) atoms. The van der Waals surface area contributed by atoms with Crippen LogP contribution in [0.3, 0.4) is 0 Å². The van der Waals surface area contributed by atoms with E-state index in [1.54, 1.807) is 0 Å². The summed E-state index contributed by atoms with van der Waals surface area (Å²) in [6.07, 6.45) is 2.07. The molecule has 3 heterocycles. The highest BCUT2D eigenvalue weighted by atomic mass is 16.5. The van der Waals surface area contributed by atoms with Crippen LogP contribution in [0.1, 0.15) is 24.3 Å². The Morgan fingerprint density at radius 3 is 2.95 bits per heavy atom. The number of hydrogen-bond acceptors (Lipinski definition) is 5. The van der Waals surface area contributed by atoms with Gasteiger partial charge in [0.15, 0.2) is 0 Å². The summed E-state index contributed by atoms with van der Waals surface area (Å²) in [5, 5.41) is 14.1. The number of aromatic nitrogens is 1. The van der Waals surface area contributed by atoms with Crippen molar-refractivity contribution in [3.05, 3.63) is 17.5 Å². The van der Waals surface area contributed by atoms with Crippen molar-refractivity contribution < 1.29 is 14.4 Å². The van der Waals surface area contributed by atoms with Gasteiger partial charge < -0.3 is 14.5 Å². The van der Waals surface area contributed by atoms with Crippen molar-refractivity contribution in [2.45, 2.75) is 32.3 Å². The first-order chi connectivity index (χ1) is 10.1. The minimum Gasteiger partial charge on any atom is -0.391 e. The molecule has 3 rings (SSSR count). The van der Waals surface area contributed by atoms with Crippen LogP contribution < -0.4 is 0 Å². The summed E-state index contributed by atoms with van der Waals surface area (Å²) in [6.45, 7) is 5.94. The molecule has 2 aliphatic heterocycles. The summed E-state index contributed by atoms with van der Waals surface area (Å²) >= 11 is 0. The Morgan fingerprint density at radius 2 is 2.29 bits per heavy atom. The Morgan fingerprint density at radius 1 is 1.43 bits per heavy atom. The van der Waals surface area contributed by atoms with Gasteiger partial charge in [-0.1, -0.05) is 5.16 Å². The van der Waals surface area contributed by atoms with Crippen molar-refractivity contribution in [1.82, 2.24) is 15.0 Å². The number of aryl methyl sites for hydroxylation is 1. The minimum atomic E-state index is -0.329. The molecule has 1 aromatic rings. The summed E-state index contributed by atoms with van der Waals surface area (Å²) in [5.74, 6) is 1.29. The molecular weight excluding hydrogens is 270 g/mol. The molecule has 0 aliphatic carbocycles. The van der Waals surface area contributed by atoms with Crippen LogP contribution in [0.4, 0.5) is 0 Å². The molecule has 116 valence electrons. The average Bonchev–Trinajstić information content (AvgIpc) is 3.11. The fourth-order valence-corrected chi connectivity index (χ4v) is 3.30. The lowest BCUT2D eigenvalue weighted by Crippen LogP contribution is -2.35. The van der Waals surface area contributed by atoms with E-state index in [9.17, 15) is 9.90 Å². The van der Waals surface area contributed by atoms with Crippen LogP contribution in [0.2, 0.25) is 0 Å². The van der Waals surface area contributed by atoms with E-state index in [1.165, 1.54) is 0 Å². The molecule has 2 aliphatic rings. The smallest absolute Gasteiger partial charge is 0.222 e. The Hall–Kier alpha value is -1.40. The fourth-order valence-electron chi connectivity index (χ4n) is 3.30. The second-order valence-corrected chi connectivity index (χ2v) is 6.21. The Balaban J connectivity index is 1.47. The third kappa shape index (κ3) is 3.44. The highest BCUT2D eigenvalue weighted by molar-refractivity contribution is 5.78. The third-order valence-electron chi connectivity index (χ3n) is 4.48. The molecule has 6 heteroatoms. The lowest BCUT2D eigenvalue weighted by molar-refractivity contribution is -0.127. The summed E-state index contributed by atoms with van der Waals surface area (Å²) in [5.41, 5.74) is 0.877. The third-order valence-corrected chi connectivity index (χ3v) is 4.48. The largest absolute Gasteiger partial charge is 0.391 e. The van der Waals surface area contributed by atoms with Crippen molar-refractivity contribution >= 4 is 5.91 Å². The molecule has 1 aromatic heterocycles. The van der Waals surface area contributed by atoms with Gasteiger partial charge in [-0.3, -0.25) is 9.69 Å². The number of amides is 1. The number of carbonyl (C=O) groups excluding carboxylic acids is 1. The van der Waals surface area contributed by atoms with E-state index in [1.807, 2.05) is 17.9 Å². The predicted molar refractivity (Wildman–Crippen MR) is 76.7 cm³/mol. The zero-order valence-corrected chi connectivity index (χ0v) is 12.5. The molecule has 0 bridgehead atoms. The van der Waals surface area contributed by atoms with Crippen molar-refractivity contribution in [3.8, 4) is 0 Å². The van der Waals surface area contributed by atoms with Gasteiger partial charge in [-0.25, -0.2) is 0 Å². The summed E-state index contributed by atoms with van der Waals surface area (Å²) < 4.78 is 5.23. The average molecular weight is 293 g/mol. The number of hydrogen-bond donors (Lipinski definition) is 1. The molecule has 6 nitrogen and oxygen atoms in total. The highest BCUT2D eigenvalue weighted by Crippen LogP contribution is 2.22. The number of nitrogens with zero attached hydrogens (tertiary/aromatic N) is 3. The Kier molecular flexibility index (Phi) is 4.26. The molecule has 2 fully saturated rings. The van der Waals surface area contributed by atoms with Crippen LogP contribution in [0, 0.1) is 12.8 Å². The van der Waals surface area contributed by atoms with Crippen LogP contribution in [0.15, 0.2) is 10.6 Å². The van der Waals surface area contributed by atoms with Crippen LogP contribution in [-0.4, -0.2) is 64.8 Å². The van der Waals surface area contributed by atoms with E-state index in [2.05, 4.69) is 10.1 Å². The highest BCUT2D eigenvalue weighted by Gasteiger charge is 2.32. The maximum absolute atomic E-state index is 11.6. The Bertz CT molecular complexity index is 502. The van der Waals surface area contributed by atoms with Gasteiger partial charge in [0, 0.05) is 57.5 Å². The molecule has 1 amide bonds. The molecule has 0 aromatic carbocycles. The number of rotatable bonds is 5. The molecule has 0 radical (unpaired) electrons. The van der Waals surface area contributed by atoms with Crippen molar-refractivity contribution in [2.75, 3.05) is 32.7 Å². The van der Waals surface area contributed by atoms with Gasteiger partial charge >= 0.3 is 0 Å².